The lowest BCUT2D eigenvalue weighted by molar-refractivity contribution is 0.0301. The summed E-state index contributed by atoms with van der Waals surface area (Å²) in [5.41, 5.74) is 1.55. The van der Waals surface area contributed by atoms with E-state index in [2.05, 4.69) is 15.1 Å². The molecule has 1 amide bonds. The molecule has 2 saturated heterocycles. The van der Waals surface area contributed by atoms with Gasteiger partial charge in [0, 0.05) is 31.9 Å². The Labute approximate surface area is 146 Å². The van der Waals surface area contributed by atoms with Crippen LogP contribution in [0.2, 0.25) is 0 Å². The third kappa shape index (κ3) is 3.19. The number of aromatic amines is 1. The molecule has 2 aromatic rings. The van der Waals surface area contributed by atoms with E-state index in [1.54, 1.807) is 11.0 Å². The Balaban J connectivity index is 1.59. The zero-order valence-corrected chi connectivity index (χ0v) is 14.5. The van der Waals surface area contributed by atoms with Gasteiger partial charge < -0.3 is 4.90 Å². The van der Waals surface area contributed by atoms with Gasteiger partial charge >= 0.3 is 0 Å². The van der Waals surface area contributed by atoms with E-state index in [-0.39, 0.29) is 29.5 Å². The van der Waals surface area contributed by atoms with Crippen molar-refractivity contribution in [1.29, 1.82) is 0 Å². The van der Waals surface area contributed by atoms with Crippen LogP contribution < -0.4 is 0 Å². The summed E-state index contributed by atoms with van der Waals surface area (Å²) in [6, 6.07) is 11.2. The predicted octanol–water partition coefficient (Wildman–Crippen LogP) is 0.533. The Morgan fingerprint density at radius 1 is 1.12 bits per heavy atom. The van der Waals surface area contributed by atoms with Gasteiger partial charge in [0.25, 0.3) is 5.91 Å². The molecule has 1 N–H and O–H groups in total. The summed E-state index contributed by atoms with van der Waals surface area (Å²) in [4.78, 5) is 16.6. The zero-order chi connectivity index (χ0) is 17.4. The minimum absolute atomic E-state index is 0.0306. The highest BCUT2D eigenvalue weighted by molar-refractivity contribution is 7.91. The molecule has 0 radical (unpaired) electrons. The van der Waals surface area contributed by atoms with Crippen LogP contribution in [-0.2, 0) is 16.4 Å². The normalized spacial score (nSPS) is 25.7. The first-order valence-corrected chi connectivity index (χ1v) is 10.1. The maximum Gasteiger partial charge on any atom is 0.272 e. The Morgan fingerprint density at radius 2 is 1.88 bits per heavy atom. The topological polar surface area (TPSA) is 86.4 Å². The molecule has 3 heterocycles. The first kappa shape index (κ1) is 16.3. The van der Waals surface area contributed by atoms with Crippen LogP contribution in [0.4, 0.5) is 0 Å². The van der Waals surface area contributed by atoms with Gasteiger partial charge in [0.2, 0.25) is 0 Å². The second kappa shape index (κ2) is 6.27. The van der Waals surface area contributed by atoms with Crippen molar-refractivity contribution in [2.24, 2.45) is 0 Å². The van der Waals surface area contributed by atoms with Crippen molar-refractivity contribution in [1.82, 2.24) is 20.0 Å². The van der Waals surface area contributed by atoms with E-state index >= 15 is 0 Å². The average Bonchev–Trinajstić information content (AvgIpc) is 3.22. The van der Waals surface area contributed by atoms with E-state index in [0.29, 0.717) is 25.3 Å². The highest BCUT2D eigenvalue weighted by atomic mass is 32.2. The summed E-state index contributed by atoms with van der Waals surface area (Å²) in [5, 5.41) is 6.50. The highest BCUT2D eigenvalue weighted by Crippen LogP contribution is 2.29. The van der Waals surface area contributed by atoms with Crippen LogP contribution in [0.15, 0.2) is 42.6 Å². The zero-order valence-electron chi connectivity index (χ0n) is 13.7. The van der Waals surface area contributed by atoms with Crippen molar-refractivity contribution < 1.29 is 13.2 Å². The molecule has 2 atom stereocenters. The number of nitrogens with zero attached hydrogens (tertiary/aromatic N) is 3. The average molecular weight is 360 g/mol. The third-order valence-electron chi connectivity index (χ3n) is 5.01. The van der Waals surface area contributed by atoms with Crippen molar-refractivity contribution in [2.45, 2.75) is 18.6 Å². The highest BCUT2D eigenvalue weighted by Gasteiger charge is 2.48. The Hall–Kier alpha value is -2.19. The Bertz CT molecular complexity index is 851. The van der Waals surface area contributed by atoms with Crippen molar-refractivity contribution >= 4 is 15.7 Å². The first-order chi connectivity index (χ1) is 12.0. The Kier molecular flexibility index (Phi) is 4.09. The van der Waals surface area contributed by atoms with Crippen LogP contribution in [0, 0.1) is 0 Å². The van der Waals surface area contributed by atoms with E-state index in [4.69, 9.17) is 0 Å². The number of hydrogen-bond donors (Lipinski definition) is 1. The number of carbonyl (C=O) groups is 1. The molecule has 1 aromatic heterocycles. The molecule has 2 aliphatic rings. The molecule has 0 aliphatic carbocycles. The monoisotopic (exact) mass is 360 g/mol. The number of benzene rings is 1. The molecule has 0 spiro atoms. The van der Waals surface area contributed by atoms with Crippen molar-refractivity contribution in [3.8, 4) is 0 Å². The van der Waals surface area contributed by atoms with Crippen LogP contribution in [-0.4, -0.2) is 71.0 Å². The van der Waals surface area contributed by atoms with Gasteiger partial charge in [-0.15, -0.1) is 0 Å². The van der Waals surface area contributed by atoms with E-state index < -0.39 is 9.84 Å². The van der Waals surface area contributed by atoms with Gasteiger partial charge in [-0.05, 0) is 11.6 Å². The number of carbonyl (C=O) groups excluding carboxylic acids is 1. The summed E-state index contributed by atoms with van der Waals surface area (Å²) in [6.07, 6.45) is 1.53. The summed E-state index contributed by atoms with van der Waals surface area (Å²) in [5.74, 6) is -0.0379. The number of rotatable bonds is 3. The fourth-order valence-corrected chi connectivity index (χ4v) is 5.83. The van der Waals surface area contributed by atoms with Crippen LogP contribution in [0.5, 0.6) is 0 Å². The number of hydrogen-bond acceptors (Lipinski definition) is 5. The fourth-order valence-electron chi connectivity index (χ4n) is 3.82. The molecular weight excluding hydrogens is 340 g/mol. The predicted molar refractivity (Wildman–Crippen MR) is 92.7 cm³/mol. The number of piperazine rings is 1. The number of H-pyrrole nitrogens is 1. The summed E-state index contributed by atoms with van der Waals surface area (Å²) in [6.45, 7) is 1.87. The molecule has 8 heteroatoms. The van der Waals surface area contributed by atoms with Crippen LogP contribution in [0.25, 0.3) is 0 Å². The number of amides is 1. The molecule has 25 heavy (non-hydrogen) atoms. The minimum atomic E-state index is -3.15. The summed E-state index contributed by atoms with van der Waals surface area (Å²) >= 11 is 0. The second-order valence-electron chi connectivity index (χ2n) is 6.64. The molecular formula is C17H20N4O3S. The molecule has 1 aromatic carbocycles. The lowest BCUT2D eigenvalue weighted by Crippen LogP contribution is -2.60. The SMILES string of the molecule is O=C(c1ccn[nH]1)N1CCN(Cc2ccccc2)C2CS(=O)(=O)CC21. The lowest BCUT2D eigenvalue weighted by atomic mass is 10.0. The first-order valence-electron chi connectivity index (χ1n) is 8.32. The maximum atomic E-state index is 12.7. The molecule has 0 bridgehead atoms. The second-order valence-corrected chi connectivity index (χ2v) is 8.79. The largest absolute Gasteiger partial charge is 0.330 e. The van der Waals surface area contributed by atoms with E-state index in [1.165, 1.54) is 6.20 Å². The number of fused-ring (bicyclic) bond motifs is 1. The van der Waals surface area contributed by atoms with Gasteiger partial charge in [0.1, 0.15) is 5.69 Å². The van der Waals surface area contributed by atoms with Crippen LogP contribution in [0.1, 0.15) is 16.1 Å². The van der Waals surface area contributed by atoms with Crippen molar-refractivity contribution in [2.75, 3.05) is 24.6 Å². The van der Waals surface area contributed by atoms with Gasteiger partial charge in [-0.1, -0.05) is 30.3 Å². The van der Waals surface area contributed by atoms with Crippen molar-refractivity contribution in [3.63, 3.8) is 0 Å². The van der Waals surface area contributed by atoms with Gasteiger partial charge in [-0.25, -0.2) is 8.42 Å². The molecule has 2 unspecified atom stereocenters. The quantitative estimate of drug-likeness (QED) is 0.863. The van der Waals surface area contributed by atoms with Gasteiger partial charge in [0.15, 0.2) is 9.84 Å². The third-order valence-corrected chi connectivity index (χ3v) is 6.71. The number of sulfone groups is 1. The molecule has 2 fully saturated rings. The molecule has 4 rings (SSSR count). The lowest BCUT2D eigenvalue weighted by Gasteiger charge is -2.43. The standard InChI is InChI=1S/C17H20N4O3S/c22-17(14-6-7-18-19-14)21-9-8-20(10-13-4-2-1-3-5-13)15-11-25(23,24)12-16(15)21/h1-7,15-16H,8-12H2,(H,18,19). The van der Waals surface area contributed by atoms with Crippen molar-refractivity contribution in [3.05, 3.63) is 53.9 Å². The Morgan fingerprint density at radius 3 is 2.60 bits per heavy atom. The van der Waals surface area contributed by atoms with Gasteiger partial charge in [0.05, 0.1) is 17.5 Å². The maximum absolute atomic E-state index is 12.7. The number of nitrogens with one attached hydrogen (secondary N) is 1. The molecule has 7 nitrogen and oxygen atoms in total. The minimum Gasteiger partial charge on any atom is -0.330 e. The molecule has 0 saturated carbocycles. The van der Waals surface area contributed by atoms with Crippen LogP contribution in [0.3, 0.4) is 0 Å². The summed E-state index contributed by atoms with van der Waals surface area (Å²) in [7, 11) is -3.15. The smallest absolute Gasteiger partial charge is 0.272 e. The summed E-state index contributed by atoms with van der Waals surface area (Å²) < 4.78 is 24.5. The molecule has 132 valence electrons. The van der Waals surface area contributed by atoms with E-state index in [0.717, 1.165) is 5.56 Å². The fraction of sp³-hybridized carbons (Fsp3) is 0.412. The van der Waals surface area contributed by atoms with E-state index in [9.17, 15) is 13.2 Å². The van der Waals surface area contributed by atoms with Crippen LogP contribution >= 0.6 is 0 Å². The molecule has 2 aliphatic heterocycles. The van der Waals surface area contributed by atoms with E-state index in [1.807, 2.05) is 30.3 Å². The number of aromatic nitrogens is 2. The van der Waals surface area contributed by atoms with Gasteiger partial charge in [-0.2, -0.15) is 5.10 Å². The van der Waals surface area contributed by atoms with Gasteiger partial charge in [-0.3, -0.25) is 14.8 Å².